The van der Waals surface area contributed by atoms with Crippen LogP contribution in [0.4, 0.5) is 0 Å². The first-order valence-corrected chi connectivity index (χ1v) is 4.79. The van der Waals surface area contributed by atoms with Gasteiger partial charge >= 0.3 is 0 Å². The van der Waals surface area contributed by atoms with Crippen molar-refractivity contribution in [3.63, 3.8) is 0 Å². The first kappa shape index (κ1) is 11.1. The van der Waals surface area contributed by atoms with Crippen molar-refractivity contribution < 1.29 is 4.79 Å². The van der Waals surface area contributed by atoms with Crippen LogP contribution >= 0.6 is 46.4 Å². The van der Waals surface area contributed by atoms with Gasteiger partial charge in [-0.05, 0) is 17.7 Å². The van der Waals surface area contributed by atoms with Crippen LogP contribution in [0.5, 0.6) is 0 Å². The molecule has 0 heterocycles. The van der Waals surface area contributed by atoms with Crippen LogP contribution in [-0.4, -0.2) is 5.24 Å². The van der Waals surface area contributed by atoms with Crippen molar-refractivity contribution in [2.45, 2.75) is 3.79 Å². The SMILES string of the molecule is O=C(Cl)c1cccc(C(Cl)(Cl)Cl)c1. The zero-order valence-corrected chi connectivity index (χ0v) is 9.25. The van der Waals surface area contributed by atoms with E-state index in [4.69, 9.17) is 46.4 Å². The molecule has 0 aliphatic heterocycles. The number of halogens is 4. The lowest BCUT2D eigenvalue weighted by Crippen LogP contribution is -2.01. The molecule has 0 radical (unpaired) electrons. The molecule has 13 heavy (non-hydrogen) atoms. The Balaban J connectivity index is 3.13. The van der Waals surface area contributed by atoms with Crippen molar-refractivity contribution in [3.8, 4) is 0 Å². The molecule has 0 aromatic heterocycles. The molecule has 1 rings (SSSR count). The van der Waals surface area contributed by atoms with Gasteiger partial charge in [-0.15, -0.1) is 0 Å². The molecule has 0 saturated carbocycles. The first-order valence-electron chi connectivity index (χ1n) is 3.28. The van der Waals surface area contributed by atoms with Gasteiger partial charge in [0.15, 0.2) is 0 Å². The van der Waals surface area contributed by atoms with E-state index in [1.807, 2.05) is 0 Å². The summed E-state index contributed by atoms with van der Waals surface area (Å²) in [5.74, 6) is 0. The fourth-order valence-electron chi connectivity index (χ4n) is 0.818. The molecule has 5 heteroatoms. The number of benzene rings is 1. The summed E-state index contributed by atoms with van der Waals surface area (Å²) in [6.07, 6.45) is 0. The van der Waals surface area contributed by atoms with Gasteiger partial charge < -0.3 is 0 Å². The zero-order valence-electron chi connectivity index (χ0n) is 6.23. The number of carbonyl (C=O) groups excluding carboxylic acids is 1. The Labute approximate surface area is 95.5 Å². The third kappa shape index (κ3) is 3.03. The maximum Gasteiger partial charge on any atom is 0.252 e. The topological polar surface area (TPSA) is 17.1 Å². The monoisotopic (exact) mass is 256 g/mol. The molecule has 0 amide bonds. The lowest BCUT2D eigenvalue weighted by atomic mass is 10.1. The van der Waals surface area contributed by atoms with Gasteiger partial charge in [-0.3, -0.25) is 4.79 Å². The van der Waals surface area contributed by atoms with Gasteiger partial charge in [-0.25, -0.2) is 0 Å². The van der Waals surface area contributed by atoms with Crippen LogP contribution in [0.1, 0.15) is 15.9 Å². The van der Waals surface area contributed by atoms with Crippen LogP contribution in [0.2, 0.25) is 0 Å². The lowest BCUT2D eigenvalue weighted by Gasteiger charge is -2.10. The van der Waals surface area contributed by atoms with Gasteiger partial charge in [0.2, 0.25) is 3.79 Å². The molecule has 0 spiro atoms. The van der Waals surface area contributed by atoms with Crippen molar-refractivity contribution in [3.05, 3.63) is 35.4 Å². The number of rotatable bonds is 1. The van der Waals surface area contributed by atoms with Crippen LogP contribution < -0.4 is 0 Å². The Morgan fingerprint density at radius 1 is 1.23 bits per heavy atom. The number of alkyl halides is 3. The Morgan fingerprint density at radius 2 is 1.85 bits per heavy atom. The largest absolute Gasteiger partial charge is 0.276 e. The lowest BCUT2D eigenvalue weighted by molar-refractivity contribution is 0.108. The van der Waals surface area contributed by atoms with Crippen molar-refractivity contribution in [2.24, 2.45) is 0 Å². The van der Waals surface area contributed by atoms with Gasteiger partial charge in [-0.2, -0.15) is 0 Å². The van der Waals surface area contributed by atoms with E-state index in [2.05, 4.69) is 0 Å². The minimum absolute atomic E-state index is 0.311. The summed E-state index contributed by atoms with van der Waals surface area (Å²) in [6, 6.07) is 6.21. The van der Waals surface area contributed by atoms with Crippen LogP contribution in [-0.2, 0) is 3.79 Å². The molecule has 0 N–H and O–H groups in total. The normalized spacial score (nSPS) is 11.4. The second-order valence-corrected chi connectivity index (χ2v) is 4.98. The van der Waals surface area contributed by atoms with E-state index in [0.29, 0.717) is 11.1 Å². The third-order valence-electron chi connectivity index (χ3n) is 1.42. The van der Waals surface area contributed by atoms with Gasteiger partial charge in [0.05, 0.1) is 0 Å². The number of hydrogen-bond acceptors (Lipinski definition) is 1. The smallest absolute Gasteiger partial charge is 0.252 e. The van der Waals surface area contributed by atoms with E-state index in [1.165, 1.54) is 6.07 Å². The van der Waals surface area contributed by atoms with E-state index in [0.717, 1.165) is 0 Å². The minimum atomic E-state index is -1.53. The van der Waals surface area contributed by atoms with E-state index in [1.54, 1.807) is 18.2 Å². The molecule has 1 nitrogen and oxygen atoms in total. The fourth-order valence-corrected chi connectivity index (χ4v) is 1.29. The highest BCUT2D eigenvalue weighted by Crippen LogP contribution is 2.38. The molecule has 0 saturated heterocycles. The Morgan fingerprint density at radius 3 is 2.31 bits per heavy atom. The Hall–Kier alpha value is 0.0500. The van der Waals surface area contributed by atoms with Crippen molar-refractivity contribution in [1.29, 1.82) is 0 Å². The van der Waals surface area contributed by atoms with Gasteiger partial charge in [0, 0.05) is 11.1 Å². The highest BCUT2D eigenvalue weighted by Gasteiger charge is 2.23. The average Bonchev–Trinajstić information content (AvgIpc) is 2.03. The summed E-state index contributed by atoms with van der Waals surface area (Å²) in [6.45, 7) is 0. The molecule has 0 bridgehead atoms. The molecule has 1 aromatic rings. The molecule has 0 unspecified atom stereocenters. The molecule has 0 atom stereocenters. The number of hydrogen-bond donors (Lipinski definition) is 0. The molecular weight excluding hydrogens is 254 g/mol. The van der Waals surface area contributed by atoms with E-state index < -0.39 is 9.03 Å². The summed E-state index contributed by atoms with van der Waals surface area (Å²) in [5.41, 5.74) is 0.731. The molecule has 70 valence electrons. The van der Waals surface area contributed by atoms with Gasteiger partial charge in [-0.1, -0.05) is 53.0 Å². The van der Waals surface area contributed by atoms with Crippen LogP contribution in [0.15, 0.2) is 24.3 Å². The Bertz CT molecular complexity index is 329. The van der Waals surface area contributed by atoms with Crippen molar-refractivity contribution >= 4 is 51.6 Å². The third-order valence-corrected chi connectivity index (χ3v) is 2.29. The molecule has 0 aliphatic carbocycles. The van der Waals surface area contributed by atoms with Crippen LogP contribution in [0, 0.1) is 0 Å². The van der Waals surface area contributed by atoms with Gasteiger partial charge in [0.1, 0.15) is 0 Å². The van der Waals surface area contributed by atoms with E-state index >= 15 is 0 Å². The predicted octanol–water partition coefficient (Wildman–Crippen LogP) is 3.89. The fraction of sp³-hybridized carbons (Fsp3) is 0.125. The molecule has 0 aliphatic rings. The van der Waals surface area contributed by atoms with Crippen LogP contribution in [0.3, 0.4) is 0 Å². The second kappa shape index (κ2) is 4.05. The average molecular weight is 258 g/mol. The molecular formula is C8H4Cl4O. The van der Waals surface area contributed by atoms with Crippen LogP contribution in [0.25, 0.3) is 0 Å². The maximum absolute atomic E-state index is 10.8. The summed E-state index contributed by atoms with van der Waals surface area (Å²) in [4.78, 5) is 10.8. The maximum atomic E-state index is 10.8. The highest BCUT2D eigenvalue weighted by molar-refractivity contribution is 6.68. The molecule has 0 fully saturated rings. The summed E-state index contributed by atoms with van der Waals surface area (Å²) >= 11 is 22.1. The van der Waals surface area contributed by atoms with Crippen molar-refractivity contribution in [2.75, 3.05) is 0 Å². The first-order chi connectivity index (χ1) is 5.91. The standard InChI is InChI=1S/C8H4Cl4O/c9-7(13)5-2-1-3-6(4-5)8(10,11)12/h1-4H. The second-order valence-electron chi connectivity index (χ2n) is 2.35. The van der Waals surface area contributed by atoms with Crippen molar-refractivity contribution in [1.82, 2.24) is 0 Å². The minimum Gasteiger partial charge on any atom is -0.276 e. The quantitative estimate of drug-likeness (QED) is 0.551. The number of carbonyl (C=O) groups is 1. The zero-order chi connectivity index (χ0) is 10.1. The molecule has 1 aromatic carbocycles. The summed E-state index contributed by atoms with van der Waals surface area (Å²) in [5, 5.41) is -0.573. The van der Waals surface area contributed by atoms with E-state index in [-0.39, 0.29) is 0 Å². The van der Waals surface area contributed by atoms with E-state index in [9.17, 15) is 4.79 Å². The summed E-state index contributed by atoms with van der Waals surface area (Å²) in [7, 11) is 0. The predicted molar refractivity (Wildman–Crippen MR) is 55.9 cm³/mol. The Kier molecular flexibility index (Phi) is 3.47. The highest BCUT2D eigenvalue weighted by atomic mass is 35.6. The van der Waals surface area contributed by atoms with Gasteiger partial charge in [0.25, 0.3) is 5.24 Å². The summed E-state index contributed by atoms with van der Waals surface area (Å²) < 4.78 is -1.53.